The molecule has 0 amide bonds. The Bertz CT molecular complexity index is 701. The van der Waals surface area contributed by atoms with E-state index in [0.29, 0.717) is 12.2 Å². The molecule has 0 radical (unpaired) electrons. The molecule has 0 aliphatic rings. The number of hydrogen-bond acceptors (Lipinski definition) is 2. The van der Waals surface area contributed by atoms with Crippen molar-refractivity contribution in [1.29, 1.82) is 0 Å². The first kappa shape index (κ1) is 11.5. The summed E-state index contributed by atoms with van der Waals surface area (Å²) in [5.41, 5.74) is 2.63. The molecule has 1 aromatic heterocycles. The first-order valence-corrected chi connectivity index (χ1v) is 6.10. The number of nitrogens with one attached hydrogen (secondary N) is 1. The van der Waals surface area contributed by atoms with Crippen molar-refractivity contribution in [2.75, 3.05) is 0 Å². The van der Waals surface area contributed by atoms with E-state index in [0.717, 1.165) is 28.5 Å². The van der Waals surface area contributed by atoms with Crippen molar-refractivity contribution in [3.63, 3.8) is 0 Å². The summed E-state index contributed by atoms with van der Waals surface area (Å²) in [6.45, 7) is 0.490. The highest BCUT2D eigenvalue weighted by Crippen LogP contribution is 2.28. The van der Waals surface area contributed by atoms with Crippen molar-refractivity contribution in [3.8, 4) is 5.75 Å². The van der Waals surface area contributed by atoms with E-state index < -0.39 is 0 Å². The number of H-pyrrole nitrogens is 1. The fraction of sp³-hybridized carbons (Fsp3) is 0.0625. The lowest BCUT2D eigenvalue weighted by Gasteiger charge is -2.08. The number of carbonyl (C=O) groups excluding carboxylic acids is 1. The lowest BCUT2D eigenvalue weighted by molar-refractivity contribution is 0.112. The van der Waals surface area contributed by atoms with Gasteiger partial charge < -0.3 is 9.72 Å². The van der Waals surface area contributed by atoms with Gasteiger partial charge in [0, 0.05) is 17.3 Å². The van der Waals surface area contributed by atoms with Crippen LogP contribution in [0.3, 0.4) is 0 Å². The molecule has 0 unspecified atom stereocenters. The van der Waals surface area contributed by atoms with Gasteiger partial charge in [0.25, 0.3) is 0 Å². The van der Waals surface area contributed by atoms with Crippen LogP contribution in [0.15, 0.2) is 54.7 Å². The second-order valence-electron chi connectivity index (χ2n) is 4.31. The van der Waals surface area contributed by atoms with E-state index in [1.165, 1.54) is 0 Å². The van der Waals surface area contributed by atoms with Crippen LogP contribution < -0.4 is 4.74 Å². The van der Waals surface area contributed by atoms with E-state index in [2.05, 4.69) is 4.98 Å². The molecule has 0 aliphatic heterocycles. The van der Waals surface area contributed by atoms with Crippen molar-refractivity contribution in [1.82, 2.24) is 4.98 Å². The van der Waals surface area contributed by atoms with Crippen LogP contribution >= 0.6 is 0 Å². The van der Waals surface area contributed by atoms with Crippen LogP contribution in [0.25, 0.3) is 10.9 Å². The summed E-state index contributed by atoms with van der Waals surface area (Å²) in [5.74, 6) is 0.727. The number of carbonyl (C=O) groups is 1. The molecular weight excluding hydrogens is 238 g/mol. The van der Waals surface area contributed by atoms with Crippen LogP contribution in [-0.2, 0) is 6.61 Å². The van der Waals surface area contributed by atoms with E-state index >= 15 is 0 Å². The molecule has 94 valence electrons. The van der Waals surface area contributed by atoms with Crippen LogP contribution in [0.1, 0.15) is 15.9 Å². The molecular formula is C16H13NO2. The Kier molecular flexibility index (Phi) is 3.02. The minimum absolute atomic E-state index is 0.490. The smallest absolute Gasteiger partial charge is 0.152 e. The van der Waals surface area contributed by atoms with Crippen molar-refractivity contribution < 1.29 is 9.53 Å². The van der Waals surface area contributed by atoms with E-state index in [4.69, 9.17) is 4.74 Å². The zero-order valence-electron chi connectivity index (χ0n) is 10.3. The van der Waals surface area contributed by atoms with Gasteiger partial charge in [-0.15, -0.1) is 0 Å². The molecule has 3 aromatic rings. The zero-order chi connectivity index (χ0) is 13.1. The number of rotatable bonds is 4. The largest absolute Gasteiger partial charge is 0.488 e. The monoisotopic (exact) mass is 251 g/mol. The van der Waals surface area contributed by atoms with Gasteiger partial charge >= 0.3 is 0 Å². The fourth-order valence-electron chi connectivity index (χ4n) is 2.13. The van der Waals surface area contributed by atoms with Crippen LogP contribution in [0, 0.1) is 0 Å². The third-order valence-electron chi connectivity index (χ3n) is 3.06. The SMILES string of the molecule is O=Cc1c[nH]c2cccc(OCc3ccccc3)c12. The van der Waals surface area contributed by atoms with Crippen molar-refractivity contribution >= 4 is 17.2 Å². The van der Waals surface area contributed by atoms with E-state index in [-0.39, 0.29) is 0 Å². The molecule has 1 N–H and O–H groups in total. The van der Waals surface area contributed by atoms with Gasteiger partial charge in [0.05, 0.1) is 5.39 Å². The molecule has 0 spiro atoms. The summed E-state index contributed by atoms with van der Waals surface area (Å²) < 4.78 is 5.83. The standard InChI is InChI=1S/C16H13NO2/c18-10-13-9-17-14-7-4-8-15(16(13)14)19-11-12-5-2-1-3-6-12/h1-10,17H,11H2. The van der Waals surface area contributed by atoms with Crippen LogP contribution in [0.5, 0.6) is 5.75 Å². The lowest BCUT2D eigenvalue weighted by atomic mass is 10.1. The van der Waals surface area contributed by atoms with Crippen molar-refractivity contribution in [2.24, 2.45) is 0 Å². The Balaban J connectivity index is 1.92. The highest BCUT2D eigenvalue weighted by molar-refractivity contribution is 6.00. The molecule has 3 heteroatoms. The summed E-state index contributed by atoms with van der Waals surface area (Å²) in [4.78, 5) is 14.1. The molecule has 1 heterocycles. The molecule has 3 nitrogen and oxygen atoms in total. The lowest BCUT2D eigenvalue weighted by Crippen LogP contribution is -1.95. The van der Waals surface area contributed by atoms with Gasteiger partial charge in [0.1, 0.15) is 12.4 Å². The van der Waals surface area contributed by atoms with E-state index in [9.17, 15) is 4.79 Å². The first-order valence-electron chi connectivity index (χ1n) is 6.10. The van der Waals surface area contributed by atoms with E-state index in [1.54, 1.807) is 6.20 Å². The summed E-state index contributed by atoms with van der Waals surface area (Å²) >= 11 is 0. The Morgan fingerprint density at radius 3 is 2.68 bits per heavy atom. The maximum atomic E-state index is 11.0. The minimum Gasteiger partial charge on any atom is -0.488 e. The topological polar surface area (TPSA) is 42.1 Å². The van der Waals surface area contributed by atoms with Crippen molar-refractivity contribution in [2.45, 2.75) is 6.61 Å². The normalized spacial score (nSPS) is 10.5. The van der Waals surface area contributed by atoms with Crippen LogP contribution in [0.4, 0.5) is 0 Å². The Morgan fingerprint density at radius 1 is 1.05 bits per heavy atom. The van der Waals surface area contributed by atoms with Gasteiger partial charge in [-0.05, 0) is 17.7 Å². The quantitative estimate of drug-likeness (QED) is 0.720. The van der Waals surface area contributed by atoms with Gasteiger partial charge in [0.2, 0.25) is 0 Å². The van der Waals surface area contributed by atoms with Crippen molar-refractivity contribution in [3.05, 3.63) is 65.9 Å². The average molecular weight is 251 g/mol. The maximum Gasteiger partial charge on any atom is 0.152 e. The second kappa shape index (κ2) is 4.98. The van der Waals surface area contributed by atoms with Gasteiger partial charge in [-0.2, -0.15) is 0 Å². The Hall–Kier alpha value is -2.55. The summed E-state index contributed by atoms with van der Waals surface area (Å²) in [6.07, 6.45) is 2.54. The minimum atomic E-state index is 0.490. The van der Waals surface area contributed by atoms with Gasteiger partial charge in [0.15, 0.2) is 6.29 Å². The molecule has 0 atom stereocenters. The first-order chi connectivity index (χ1) is 9.38. The molecule has 0 bridgehead atoms. The average Bonchev–Trinajstić information content (AvgIpc) is 2.90. The third kappa shape index (κ3) is 2.22. The zero-order valence-corrected chi connectivity index (χ0v) is 10.3. The van der Waals surface area contributed by atoms with Crippen LogP contribution in [-0.4, -0.2) is 11.3 Å². The Morgan fingerprint density at radius 2 is 1.89 bits per heavy atom. The fourth-order valence-corrected chi connectivity index (χ4v) is 2.13. The van der Waals surface area contributed by atoms with Gasteiger partial charge in [-0.1, -0.05) is 36.4 Å². The predicted octanol–water partition coefficient (Wildman–Crippen LogP) is 3.56. The summed E-state index contributed by atoms with van der Waals surface area (Å²) in [6, 6.07) is 15.7. The van der Waals surface area contributed by atoms with Crippen LogP contribution in [0.2, 0.25) is 0 Å². The number of fused-ring (bicyclic) bond motifs is 1. The number of ether oxygens (including phenoxy) is 1. The third-order valence-corrected chi connectivity index (χ3v) is 3.06. The van der Waals surface area contributed by atoms with E-state index in [1.807, 2.05) is 48.5 Å². The number of aromatic nitrogens is 1. The molecule has 0 fully saturated rings. The molecule has 2 aromatic carbocycles. The molecule has 0 aliphatic carbocycles. The number of hydrogen-bond donors (Lipinski definition) is 1. The number of aromatic amines is 1. The molecule has 0 saturated carbocycles. The molecule has 19 heavy (non-hydrogen) atoms. The summed E-state index contributed by atoms with van der Waals surface area (Å²) in [7, 11) is 0. The Labute approximate surface area is 110 Å². The number of benzene rings is 2. The second-order valence-corrected chi connectivity index (χ2v) is 4.31. The molecule has 3 rings (SSSR count). The highest BCUT2D eigenvalue weighted by atomic mass is 16.5. The number of aldehydes is 1. The van der Waals surface area contributed by atoms with Gasteiger partial charge in [-0.3, -0.25) is 4.79 Å². The van der Waals surface area contributed by atoms with Gasteiger partial charge in [-0.25, -0.2) is 0 Å². The maximum absolute atomic E-state index is 11.0. The summed E-state index contributed by atoms with van der Waals surface area (Å²) in [5, 5.41) is 0.841. The highest BCUT2D eigenvalue weighted by Gasteiger charge is 2.08. The predicted molar refractivity (Wildman–Crippen MR) is 74.5 cm³/mol. The molecule has 0 saturated heterocycles.